The summed E-state index contributed by atoms with van der Waals surface area (Å²) in [7, 11) is -0.993. The number of alkyl halides is 6. The first-order chi connectivity index (χ1) is 13.8. The second-order valence-corrected chi connectivity index (χ2v) is 9.21. The van der Waals surface area contributed by atoms with Crippen molar-refractivity contribution in [1.29, 1.82) is 0 Å². The molecule has 0 aliphatic carbocycles. The molecule has 0 saturated heterocycles. The molecule has 30 heavy (non-hydrogen) atoms. The van der Waals surface area contributed by atoms with Crippen LogP contribution in [0.25, 0.3) is 0 Å². The van der Waals surface area contributed by atoms with Crippen LogP contribution in [0.3, 0.4) is 0 Å². The fourth-order valence-corrected chi connectivity index (χ4v) is 5.65. The van der Waals surface area contributed by atoms with Gasteiger partial charge < -0.3 is 0 Å². The Balaban J connectivity index is 2.22. The normalized spacial score (nSPS) is 13.4. The lowest BCUT2D eigenvalue weighted by atomic mass is 10.1. The second kappa shape index (κ2) is 8.02. The first kappa shape index (κ1) is 22.3. The van der Waals surface area contributed by atoms with Gasteiger partial charge in [0.15, 0.2) is 14.7 Å². The van der Waals surface area contributed by atoms with E-state index in [0.717, 1.165) is 40.3 Å². The highest BCUT2D eigenvalue weighted by molar-refractivity contribution is 7.97. The lowest BCUT2D eigenvalue weighted by Crippen LogP contribution is -2.11. The van der Waals surface area contributed by atoms with E-state index in [1.165, 1.54) is 12.1 Å². The van der Waals surface area contributed by atoms with Crippen molar-refractivity contribution >= 4 is 10.9 Å². The molecule has 0 bridgehead atoms. The van der Waals surface area contributed by atoms with Gasteiger partial charge in [-0.2, -0.15) is 26.3 Å². The smallest absolute Gasteiger partial charge is 0.166 e. The van der Waals surface area contributed by atoms with Crippen LogP contribution >= 0.6 is 0 Å². The van der Waals surface area contributed by atoms with E-state index in [2.05, 4.69) is 0 Å². The van der Waals surface area contributed by atoms with Gasteiger partial charge >= 0.3 is 12.4 Å². The summed E-state index contributed by atoms with van der Waals surface area (Å²) in [6.07, 6.45) is -9.00. The monoisotopic (exact) mass is 441 g/mol. The average Bonchev–Trinajstić information content (AvgIpc) is 2.59. The van der Waals surface area contributed by atoms with Crippen molar-refractivity contribution in [1.82, 2.24) is 0 Å². The minimum absolute atomic E-state index is 0.409. The predicted molar refractivity (Wildman–Crippen MR) is 106 cm³/mol. The summed E-state index contributed by atoms with van der Waals surface area (Å²) in [6.45, 7) is 5.33. The molecule has 0 heterocycles. The molecule has 3 aromatic carbocycles. The minimum atomic E-state index is -4.52. The van der Waals surface area contributed by atoms with Crippen molar-refractivity contribution in [3.05, 3.63) is 88.5 Å². The molecular formula is C23H19F6S+. The van der Waals surface area contributed by atoms with Crippen LogP contribution in [0, 0.1) is 20.8 Å². The first-order valence-corrected chi connectivity index (χ1v) is 10.3. The number of aryl methyl sites for hydroxylation is 3. The molecule has 0 aliphatic rings. The summed E-state index contributed by atoms with van der Waals surface area (Å²) in [4.78, 5) is 1.68. The summed E-state index contributed by atoms with van der Waals surface area (Å²) in [5, 5.41) is 0. The molecule has 0 spiro atoms. The maximum atomic E-state index is 13.4. The fourth-order valence-electron chi connectivity index (χ4n) is 3.27. The highest BCUT2D eigenvalue weighted by atomic mass is 32.2. The Hall–Kier alpha value is -2.41. The summed E-state index contributed by atoms with van der Waals surface area (Å²) in [5.74, 6) is 0. The molecule has 0 fully saturated rings. The van der Waals surface area contributed by atoms with Crippen LogP contribution in [0.2, 0.25) is 0 Å². The van der Waals surface area contributed by atoms with E-state index in [4.69, 9.17) is 0 Å². The molecule has 0 radical (unpaired) electrons. The summed E-state index contributed by atoms with van der Waals surface area (Å²) in [5.41, 5.74) is 0.728. The van der Waals surface area contributed by atoms with Gasteiger partial charge in [0.25, 0.3) is 0 Å². The fraction of sp³-hybridized carbons (Fsp3) is 0.217. The predicted octanol–water partition coefficient (Wildman–Crippen LogP) is 7.74. The van der Waals surface area contributed by atoms with Crippen molar-refractivity contribution < 1.29 is 26.3 Å². The van der Waals surface area contributed by atoms with Gasteiger partial charge in [0.1, 0.15) is 0 Å². The first-order valence-electron chi connectivity index (χ1n) is 9.03. The third kappa shape index (κ3) is 5.01. The van der Waals surface area contributed by atoms with Crippen molar-refractivity contribution in [2.75, 3.05) is 0 Å². The van der Waals surface area contributed by atoms with E-state index in [-0.39, 0.29) is 0 Å². The zero-order chi connectivity index (χ0) is 22.3. The molecule has 0 aliphatic heterocycles. The molecule has 3 rings (SSSR count). The topological polar surface area (TPSA) is 0 Å². The lowest BCUT2D eigenvalue weighted by molar-refractivity contribution is -0.138. The Morgan fingerprint density at radius 3 is 1.40 bits per heavy atom. The highest BCUT2D eigenvalue weighted by Gasteiger charge is 2.37. The molecular weight excluding hydrogens is 422 g/mol. The van der Waals surface area contributed by atoms with Crippen LogP contribution in [0.5, 0.6) is 0 Å². The van der Waals surface area contributed by atoms with Gasteiger partial charge in [-0.3, -0.25) is 0 Å². The highest BCUT2D eigenvalue weighted by Crippen LogP contribution is 2.38. The lowest BCUT2D eigenvalue weighted by Gasteiger charge is -2.14. The van der Waals surface area contributed by atoms with Gasteiger partial charge in [-0.15, -0.1) is 0 Å². The Morgan fingerprint density at radius 1 is 0.500 bits per heavy atom. The van der Waals surface area contributed by atoms with Crippen molar-refractivity contribution in [2.24, 2.45) is 0 Å². The molecule has 0 amide bonds. The minimum Gasteiger partial charge on any atom is -0.166 e. The van der Waals surface area contributed by atoms with Crippen molar-refractivity contribution in [3.63, 3.8) is 0 Å². The van der Waals surface area contributed by atoms with Gasteiger partial charge in [0.2, 0.25) is 0 Å². The number of rotatable bonds is 3. The van der Waals surface area contributed by atoms with E-state index < -0.39 is 34.4 Å². The van der Waals surface area contributed by atoms with E-state index in [9.17, 15) is 26.3 Å². The van der Waals surface area contributed by atoms with Crippen molar-refractivity contribution in [3.8, 4) is 0 Å². The summed E-state index contributed by atoms with van der Waals surface area (Å²) in [6, 6.07) is 14.1. The summed E-state index contributed by atoms with van der Waals surface area (Å²) < 4.78 is 79.2. The van der Waals surface area contributed by atoms with Gasteiger partial charge in [0, 0.05) is 6.07 Å². The Labute approximate surface area is 173 Å². The molecule has 1 atom stereocenters. The number of halogens is 6. The van der Waals surface area contributed by atoms with Crippen LogP contribution in [-0.2, 0) is 23.2 Å². The number of benzene rings is 3. The third-order valence-electron chi connectivity index (χ3n) is 4.46. The summed E-state index contributed by atoms with van der Waals surface area (Å²) >= 11 is 0. The zero-order valence-electron chi connectivity index (χ0n) is 16.4. The van der Waals surface area contributed by atoms with Crippen LogP contribution in [0.15, 0.2) is 75.4 Å². The molecule has 0 N–H and O–H groups in total. The average molecular weight is 441 g/mol. The van der Waals surface area contributed by atoms with Crippen LogP contribution in [0.1, 0.15) is 27.8 Å². The van der Waals surface area contributed by atoms with Gasteiger partial charge in [-0.1, -0.05) is 6.07 Å². The Morgan fingerprint density at radius 2 is 0.933 bits per heavy atom. The zero-order valence-corrected chi connectivity index (χ0v) is 17.3. The molecule has 158 valence electrons. The van der Waals surface area contributed by atoms with Gasteiger partial charge in [-0.05, 0) is 86.0 Å². The van der Waals surface area contributed by atoms with Crippen LogP contribution < -0.4 is 0 Å². The molecule has 3 aromatic rings. The van der Waals surface area contributed by atoms with E-state index in [0.29, 0.717) is 15.4 Å². The van der Waals surface area contributed by atoms with E-state index >= 15 is 0 Å². The van der Waals surface area contributed by atoms with Crippen LogP contribution in [0.4, 0.5) is 26.3 Å². The quantitative estimate of drug-likeness (QED) is 0.288. The van der Waals surface area contributed by atoms with Crippen LogP contribution in [-0.4, -0.2) is 0 Å². The van der Waals surface area contributed by atoms with Crippen molar-refractivity contribution in [2.45, 2.75) is 47.8 Å². The molecule has 0 nitrogen and oxygen atoms in total. The Bertz CT molecular complexity index is 1030. The largest absolute Gasteiger partial charge is 0.416 e. The standard InChI is InChI=1S/C23H19F6S/c1-14-8-15(2)11-20(10-14)30(19-6-4-17(5-7-19)22(24,25)26)21-12-16(3)9-18(13-21)23(27,28)29/h4-13H,1-3H3/q+1. The second-order valence-electron chi connectivity index (χ2n) is 7.18. The maximum Gasteiger partial charge on any atom is 0.416 e. The maximum absolute atomic E-state index is 13.4. The molecule has 7 heteroatoms. The van der Waals surface area contributed by atoms with E-state index in [1.54, 1.807) is 13.0 Å². The Kier molecular flexibility index (Phi) is 5.96. The molecule has 0 saturated carbocycles. The number of hydrogen-bond donors (Lipinski definition) is 0. The third-order valence-corrected chi connectivity index (χ3v) is 6.62. The molecule has 1 unspecified atom stereocenters. The van der Waals surface area contributed by atoms with Gasteiger partial charge in [0.05, 0.1) is 22.0 Å². The van der Waals surface area contributed by atoms with Gasteiger partial charge in [-0.25, -0.2) is 0 Å². The number of hydrogen-bond acceptors (Lipinski definition) is 0. The SMILES string of the molecule is Cc1cc(C)cc([S+](c2ccc(C(F)(F)F)cc2)c2cc(C)cc(C(F)(F)F)c2)c1. The molecule has 0 aromatic heterocycles. The van der Waals surface area contributed by atoms with E-state index in [1.807, 2.05) is 32.0 Å².